The van der Waals surface area contributed by atoms with Crippen molar-refractivity contribution in [3.63, 3.8) is 0 Å². The van der Waals surface area contributed by atoms with Gasteiger partial charge in [-0.15, -0.1) is 0 Å². The number of amides is 1. The fraction of sp³-hybridized carbons (Fsp3) is 0.143. The third-order valence-electron chi connectivity index (χ3n) is 2.46. The van der Waals surface area contributed by atoms with E-state index in [4.69, 9.17) is 10.00 Å². The molecule has 0 saturated heterocycles. The molecule has 0 fully saturated rings. The molecule has 1 aromatic carbocycles. The molecule has 100 valence electrons. The van der Waals surface area contributed by atoms with Crippen LogP contribution < -0.4 is 10.1 Å². The van der Waals surface area contributed by atoms with Gasteiger partial charge in [0.2, 0.25) is 0 Å². The minimum absolute atomic E-state index is 0.154. The first-order valence-corrected chi connectivity index (χ1v) is 5.95. The highest BCUT2D eigenvalue weighted by Gasteiger charge is 2.06. The van der Waals surface area contributed by atoms with Crippen molar-refractivity contribution in [1.82, 2.24) is 15.5 Å². The first-order valence-electron chi connectivity index (χ1n) is 5.95. The van der Waals surface area contributed by atoms with Gasteiger partial charge in [0.25, 0.3) is 5.91 Å². The lowest BCUT2D eigenvalue weighted by Crippen LogP contribution is -2.28. The van der Waals surface area contributed by atoms with Gasteiger partial charge in [-0.25, -0.2) is 0 Å². The van der Waals surface area contributed by atoms with E-state index < -0.39 is 0 Å². The van der Waals surface area contributed by atoms with E-state index in [9.17, 15) is 4.79 Å². The lowest BCUT2D eigenvalue weighted by atomic mass is 10.2. The maximum absolute atomic E-state index is 11.6. The zero-order chi connectivity index (χ0) is 14.2. The summed E-state index contributed by atoms with van der Waals surface area (Å²) in [4.78, 5) is 11.6. The van der Waals surface area contributed by atoms with Gasteiger partial charge >= 0.3 is 0 Å². The standard InChI is InChI=1S/C14H12N4O2/c15-8-11-4-1-2-6-13(11)20-10-14(19)16-9-12-5-3-7-17-18-12/h1-7H,9-10H2,(H,16,19). The van der Waals surface area contributed by atoms with Crippen molar-refractivity contribution in [2.24, 2.45) is 0 Å². The van der Waals surface area contributed by atoms with Crippen LogP contribution in [0.3, 0.4) is 0 Å². The van der Waals surface area contributed by atoms with Crippen LogP contribution in [0.4, 0.5) is 0 Å². The Morgan fingerprint density at radius 1 is 1.30 bits per heavy atom. The molecule has 1 aromatic heterocycles. The highest BCUT2D eigenvalue weighted by Crippen LogP contribution is 2.16. The molecule has 1 N–H and O–H groups in total. The Hall–Kier alpha value is -2.94. The largest absolute Gasteiger partial charge is 0.482 e. The Kier molecular flexibility index (Phi) is 4.62. The van der Waals surface area contributed by atoms with Crippen LogP contribution in [-0.2, 0) is 11.3 Å². The molecule has 0 atom stereocenters. The normalized spacial score (nSPS) is 9.55. The molecule has 2 rings (SSSR count). The number of ether oxygens (including phenoxy) is 1. The molecule has 0 aliphatic heterocycles. The predicted molar refractivity (Wildman–Crippen MR) is 70.5 cm³/mol. The second kappa shape index (κ2) is 6.85. The number of aromatic nitrogens is 2. The number of nitriles is 1. The molecular weight excluding hydrogens is 256 g/mol. The number of hydrogen-bond acceptors (Lipinski definition) is 5. The first kappa shape index (κ1) is 13.5. The van der Waals surface area contributed by atoms with Crippen molar-refractivity contribution in [3.05, 3.63) is 53.9 Å². The zero-order valence-corrected chi connectivity index (χ0v) is 10.6. The van der Waals surface area contributed by atoms with E-state index in [-0.39, 0.29) is 19.1 Å². The van der Waals surface area contributed by atoms with Crippen LogP contribution in [0.25, 0.3) is 0 Å². The SMILES string of the molecule is N#Cc1ccccc1OCC(=O)NCc1cccnn1. The molecule has 6 nitrogen and oxygen atoms in total. The summed E-state index contributed by atoms with van der Waals surface area (Å²) in [6.07, 6.45) is 1.56. The fourth-order valence-electron chi connectivity index (χ4n) is 1.50. The van der Waals surface area contributed by atoms with Crippen molar-refractivity contribution >= 4 is 5.91 Å². The van der Waals surface area contributed by atoms with Gasteiger partial charge in [0.1, 0.15) is 11.8 Å². The first-order chi connectivity index (χ1) is 9.79. The highest BCUT2D eigenvalue weighted by atomic mass is 16.5. The van der Waals surface area contributed by atoms with Gasteiger partial charge < -0.3 is 10.1 Å². The Balaban J connectivity index is 1.82. The number of hydrogen-bond donors (Lipinski definition) is 1. The third kappa shape index (κ3) is 3.78. The lowest BCUT2D eigenvalue weighted by Gasteiger charge is -2.08. The van der Waals surface area contributed by atoms with Crippen molar-refractivity contribution < 1.29 is 9.53 Å². The van der Waals surface area contributed by atoms with E-state index in [0.29, 0.717) is 17.0 Å². The molecule has 1 amide bonds. The molecular formula is C14H12N4O2. The molecule has 0 saturated carbocycles. The van der Waals surface area contributed by atoms with Gasteiger partial charge in [-0.2, -0.15) is 15.5 Å². The van der Waals surface area contributed by atoms with Crippen molar-refractivity contribution in [3.8, 4) is 11.8 Å². The van der Waals surface area contributed by atoms with E-state index in [1.807, 2.05) is 6.07 Å². The molecule has 2 aromatic rings. The molecule has 0 bridgehead atoms. The van der Waals surface area contributed by atoms with Crippen LogP contribution >= 0.6 is 0 Å². The molecule has 0 unspecified atom stereocenters. The lowest BCUT2D eigenvalue weighted by molar-refractivity contribution is -0.123. The number of rotatable bonds is 5. The number of carbonyl (C=O) groups excluding carboxylic acids is 1. The van der Waals surface area contributed by atoms with E-state index in [1.165, 1.54) is 0 Å². The van der Waals surface area contributed by atoms with Gasteiger partial charge in [0.05, 0.1) is 17.8 Å². The van der Waals surface area contributed by atoms with E-state index in [2.05, 4.69) is 15.5 Å². The second-order valence-electron chi connectivity index (χ2n) is 3.89. The van der Waals surface area contributed by atoms with Crippen LogP contribution in [0.15, 0.2) is 42.6 Å². The van der Waals surface area contributed by atoms with Crippen LogP contribution in [0.5, 0.6) is 5.75 Å². The average Bonchev–Trinajstić information content (AvgIpc) is 2.52. The van der Waals surface area contributed by atoms with Crippen LogP contribution in [-0.4, -0.2) is 22.7 Å². The Labute approximate surface area is 116 Å². The molecule has 6 heteroatoms. The summed E-state index contributed by atoms with van der Waals surface area (Å²) in [5.41, 5.74) is 1.06. The smallest absolute Gasteiger partial charge is 0.258 e. The quantitative estimate of drug-likeness (QED) is 0.875. The minimum Gasteiger partial charge on any atom is -0.482 e. The maximum Gasteiger partial charge on any atom is 0.258 e. The van der Waals surface area contributed by atoms with Gasteiger partial charge in [-0.1, -0.05) is 12.1 Å². The maximum atomic E-state index is 11.6. The molecule has 20 heavy (non-hydrogen) atoms. The molecule has 1 heterocycles. The number of para-hydroxylation sites is 1. The summed E-state index contributed by atoms with van der Waals surface area (Å²) in [5.74, 6) is 0.105. The van der Waals surface area contributed by atoms with E-state index in [1.54, 1.807) is 42.6 Å². The summed E-state index contributed by atoms with van der Waals surface area (Å²) in [7, 11) is 0. The zero-order valence-electron chi connectivity index (χ0n) is 10.6. The fourth-order valence-corrected chi connectivity index (χ4v) is 1.50. The molecule has 0 aliphatic carbocycles. The minimum atomic E-state index is -0.289. The monoisotopic (exact) mass is 268 g/mol. The Morgan fingerprint density at radius 2 is 2.15 bits per heavy atom. The van der Waals surface area contributed by atoms with Gasteiger partial charge in [-0.3, -0.25) is 4.79 Å². The van der Waals surface area contributed by atoms with E-state index in [0.717, 1.165) is 0 Å². The van der Waals surface area contributed by atoms with E-state index >= 15 is 0 Å². The summed E-state index contributed by atoms with van der Waals surface area (Å²) >= 11 is 0. The Morgan fingerprint density at radius 3 is 2.90 bits per heavy atom. The summed E-state index contributed by atoms with van der Waals surface area (Å²) in [6.45, 7) is 0.134. The third-order valence-corrected chi connectivity index (χ3v) is 2.46. The number of carbonyl (C=O) groups is 1. The van der Waals surface area contributed by atoms with Gasteiger partial charge in [0, 0.05) is 6.20 Å². The summed E-state index contributed by atoms with van der Waals surface area (Å²) in [6, 6.07) is 12.3. The molecule has 0 aliphatic rings. The Bertz CT molecular complexity index is 623. The van der Waals surface area contributed by atoms with Crippen LogP contribution in [0.2, 0.25) is 0 Å². The second-order valence-corrected chi connectivity index (χ2v) is 3.89. The summed E-state index contributed by atoms with van der Waals surface area (Å²) < 4.78 is 5.31. The number of benzene rings is 1. The number of nitrogens with one attached hydrogen (secondary N) is 1. The summed E-state index contributed by atoms with van der Waals surface area (Å²) in [5, 5.41) is 19.1. The van der Waals surface area contributed by atoms with Crippen LogP contribution in [0, 0.1) is 11.3 Å². The van der Waals surface area contributed by atoms with Crippen molar-refractivity contribution in [2.45, 2.75) is 6.54 Å². The van der Waals surface area contributed by atoms with Gasteiger partial charge in [-0.05, 0) is 24.3 Å². The average molecular weight is 268 g/mol. The van der Waals surface area contributed by atoms with Gasteiger partial charge in [0.15, 0.2) is 6.61 Å². The highest BCUT2D eigenvalue weighted by molar-refractivity contribution is 5.77. The molecule has 0 spiro atoms. The number of nitrogens with zero attached hydrogens (tertiary/aromatic N) is 3. The predicted octanol–water partition coefficient (Wildman–Crippen LogP) is 1.04. The molecule has 0 radical (unpaired) electrons. The van der Waals surface area contributed by atoms with Crippen LogP contribution in [0.1, 0.15) is 11.3 Å². The topological polar surface area (TPSA) is 87.9 Å². The van der Waals surface area contributed by atoms with Crippen molar-refractivity contribution in [2.75, 3.05) is 6.61 Å². The van der Waals surface area contributed by atoms with Crippen molar-refractivity contribution in [1.29, 1.82) is 5.26 Å².